The minimum Gasteiger partial charge on any atom is -0.368 e. The standard InChI is InChI=1S/C16H24FN/c1-12-6-8-16(9-7-12)10-18(11-16)15-13(2)4-3-5-14(15)17/h4,12H,3,5-11H2,1-2H3. The zero-order chi connectivity index (χ0) is 12.8. The second-order valence-electron chi connectivity index (χ2n) is 6.72. The maximum atomic E-state index is 14.0. The molecule has 0 bridgehead atoms. The first kappa shape index (κ1) is 12.3. The van der Waals surface area contributed by atoms with Crippen molar-refractivity contribution >= 4 is 0 Å². The monoisotopic (exact) mass is 249 g/mol. The SMILES string of the molecule is CC1=CCCC(F)=C1N1CC2(CCC(C)CC2)C1. The molecule has 0 aromatic heterocycles. The van der Waals surface area contributed by atoms with Gasteiger partial charge >= 0.3 is 0 Å². The molecule has 100 valence electrons. The highest BCUT2D eigenvalue weighted by molar-refractivity contribution is 5.35. The van der Waals surface area contributed by atoms with E-state index in [1.165, 1.54) is 25.7 Å². The van der Waals surface area contributed by atoms with E-state index in [0.29, 0.717) is 11.8 Å². The third-order valence-corrected chi connectivity index (χ3v) is 5.15. The summed E-state index contributed by atoms with van der Waals surface area (Å²) in [4.78, 5) is 2.29. The van der Waals surface area contributed by atoms with Gasteiger partial charge in [0.15, 0.2) is 0 Å². The highest BCUT2D eigenvalue weighted by Gasteiger charge is 2.45. The molecule has 3 aliphatic rings. The Labute approximate surface area is 110 Å². The normalized spacial score (nSPS) is 28.4. The van der Waals surface area contributed by atoms with Gasteiger partial charge < -0.3 is 4.90 Å². The zero-order valence-corrected chi connectivity index (χ0v) is 11.6. The van der Waals surface area contributed by atoms with Gasteiger partial charge in [-0.2, -0.15) is 0 Å². The fraction of sp³-hybridized carbons (Fsp3) is 0.750. The van der Waals surface area contributed by atoms with Crippen molar-refractivity contribution in [1.29, 1.82) is 0 Å². The molecule has 1 heterocycles. The minimum atomic E-state index is 0.119. The van der Waals surface area contributed by atoms with Crippen LogP contribution in [0.3, 0.4) is 0 Å². The second kappa shape index (κ2) is 4.40. The Morgan fingerprint density at radius 2 is 1.94 bits per heavy atom. The number of allylic oxidation sites excluding steroid dienone is 3. The fourth-order valence-electron chi connectivity index (χ4n) is 3.88. The summed E-state index contributed by atoms with van der Waals surface area (Å²) >= 11 is 0. The minimum absolute atomic E-state index is 0.119. The van der Waals surface area contributed by atoms with E-state index < -0.39 is 0 Å². The van der Waals surface area contributed by atoms with Gasteiger partial charge in [-0.25, -0.2) is 4.39 Å². The van der Waals surface area contributed by atoms with Crippen molar-refractivity contribution in [3.8, 4) is 0 Å². The number of halogens is 1. The van der Waals surface area contributed by atoms with E-state index in [-0.39, 0.29) is 5.83 Å². The van der Waals surface area contributed by atoms with Crippen LogP contribution in [0, 0.1) is 11.3 Å². The fourth-order valence-corrected chi connectivity index (χ4v) is 3.88. The quantitative estimate of drug-likeness (QED) is 0.665. The van der Waals surface area contributed by atoms with Crippen LogP contribution in [0.1, 0.15) is 52.4 Å². The molecule has 18 heavy (non-hydrogen) atoms. The molecule has 0 radical (unpaired) electrons. The van der Waals surface area contributed by atoms with Crippen LogP contribution in [0.25, 0.3) is 0 Å². The third-order valence-electron chi connectivity index (χ3n) is 5.15. The molecule has 0 amide bonds. The van der Waals surface area contributed by atoms with Gasteiger partial charge in [-0.3, -0.25) is 0 Å². The van der Waals surface area contributed by atoms with Crippen LogP contribution in [-0.2, 0) is 0 Å². The zero-order valence-electron chi connectivity index (χ0n) is 11.6. The lowest BCUT2D eigenvalue weighted by Gasteiger charge is -2.55. The van der Waals surface area contributed by atoms with E-state index >= 15 is 0 Å². The summed E-state index contributed by atoms with van der Waals surface area (Å²) in [6.07, 6.45) is 9.09. The van der Waals surface area contributed by atoms with Gasteiger partial charge in [0, 0.05) is 24.9 Å². The number of likely N-dealkylation sites (tertiary alicyclic amines) is 1. The van der Waals surface area contributed by atoms with Gasteiger partial charge in [-0.15, -0.1) is 0 Å². The number of rotatable bonds is 1. The van der Waals surface area contributed by atoms with Crippen LogP contribution in [0.4, 0.5) is 4.39 Å². The van der Waals surface area contributed by atoms with Gasteiger partial charge in [0.1, 0.15) is 5.83 Å². The summed E-state index contributed by atoms with van der Waals surface area (Å²) in [5, 5.41) is 0. The smallest absolute Gasteiger partial charge is 0.124 e. The number of hydrogen-bond acceptors (Lipinski definition) is 1. The van der Waals surface area contributed by atoms with Crippen molar-refractivity contribution in [3.63, 3.8) is 0 Å². The molecule has 1 nitrogen and oxygen atoms in total. The van der Waals surface area contributed by atoms with Gasteiger partial charge in [-0.1, -0.05) is 25.8 Å². The second-order valence-corrected chi connectivity index (χ2v) is 6.72. The molecule has 1 saturated heterocycles. The third kappa shape index (κ3) is 2.00. The summed E-state index contributed by atoms with van der Waals surface area (Å²) in [6, 6.07) is 0. The molecule has 0 aromatic rings. The maximum Gasteiger partial charge on any atom is 0.124 e. The largest absolute Gasteiger partial charge is 0.368 e. The Bertz CT molecular complexity index is 391. The van der Waals surface area contributed by atoms with Crippen LogP contribution in [-0.4, -0.2) is 18.0 Å². The van der Waals surface area contributed by atoms with Crippen LogP contribution in [0.2, 0.25) is 0 Å². The van der Waals surface area contributed by atoms with E-state index in [2.05, 4.69) is 24.8 Å². The summed E-state index contributed by atoms with van der Waals surface area (Å²) in [5.74, 6) is 1.02. The number of nitrogens with zero attached hydrogens (tertiary/aromatic N) is 1. The molecule has 1 aliphatic heterocycles. The van der Waals surface area contributed by atoms with Crippen LogP contribution >= 0.6 is 0 Å². The van der Waals surface area contributed by atoms with Crippen molar-refractivity contribution in [2.45, 2.75) is 52.4 Å². The average Bonchev–Trinajstić information content (AvgIpc) is 2.29. The van der Waals surface area contributed by atoms with Crippen LogP contribution < -0.4 is 0 Å². The van der Waals surface area contributed by atoms with Crippen LogP contribution in [0.15, 0.2) is 23.2 Å². The van der Waals surface area contributed by atoms with Crippen molar-refractivity contribution in [3.05, 3.63) is 23.2 Å². The lowest BCUT2D eigenvalue weighted by atomic mass is 9.66. The van der Waals surface area contributed by atoms with E-state index in [4.69, 9.17) is 0 Å². The molecule has 0 aromatic carbocycles. The molecule has 1 spiro atoms. The molecule has 3 rings (SSSR count). The maximum absolute atomic E-state index is 14.0. The summed E-state index contributed by atoms with van der Waals surface area (Å²) in [7, 11) is 0. The van der Waals surface area contributed by atoms with Gasteiger partial charge in [0.2, 0.25) is 0 Å². The molecule has 1 saturated carbocycles. The Kier molecular flexibility index (Phi) is 2.99. The van der Waals surface area contributed by atoms with Crippen molar-refractivity contribution in [2.75, 3.05) is 13.1 Å². The lowest BCUT2D eigenvalue weighted by Crippen LogP contribution is -2.57. The molecule has 0 N–H and O–H groups in total. The van der Waals surface area contributed by atoms with E-state index in [1.54, 1.807) is 0 Å². The molecular formula is C16H24FN. The van der Waals surface area contributed by atoms with E-state index in [9.17, 15) is 4.39 Å². The average molecular weight is 249 g/mol. The molecule has 0 atom stereocenters. The van der Waals surface area contributed by atoms with Crippen molar-refractivity contribution in [1.82, 2.24) is 4.90 Å². The van der Waals surface area contributed by atoms with Crippen LogP contribution in [0.5, 0.6) is 0 Å². The first-order valence-electron chi connectivity index (χ1n) is 7.40. The van der Waals surface area contributed by atoms with Crippen molar-refractivity contribution in [2.24, 2.45) is 11.3 Å². The van der Waals surface area contributed by atoms with E-state index in [1.807, 2.05) is 0 Å². The highest BCUT2D eigenvalue weighted by atomic mass is 19.1. The summed E-state index contributed by atoms with van der Waals surface area (Å²) < 4.78 is 14.0. The lowest BCUT2D eigenvalue weighted by molar-refractivity contribution is -0.0143. The molecular weight excluding hydrogens is 225 g/mol. The van der Waals surface area contributed by atoms with E-state index in [0.717, 1.165) is 36.7 Å². The molecule has 2 aliphatic carbocycles. The van der Waals surface area contributed by atoms with Gasteiger partial charge in [0.05, 0.1) is 5.70 Å². The Morgan fingerprint density at radius 1 is 1.28 bits per heavy atom. The van der Waals surface area contributed by atoms with Gasteiger partial charge in [-0.05, 0) is 37.7 Å². The number of hydrogen-bond donors (Lipinski definition) is 0. The molecule has 2 heteroatoms. The Hall–Kier alpha value is -0.790. The summed E-state index contributed by atoms with van der Waals surface area (Å²) in [5.41, 5.74) is 2.60. The molecule has 2 fully saturated rings. The summed E-state index contributed by atoms with van der Waals surface area (Å²) in [6.45, 7) is 6.60. The topological polar surface area (TPSA) is 3.24 Å². The van der Waals surface area contributed by atoms with Gasteiger partial charge in [0.25, 0.3) is 0 Å². The highest BCUT2D eigenvalue weighted by Crippen LogP contribution is 2.48. The predicted molar refractivity (Wildman–Crippen MR) is 72.8 cm³/mol. The first-order chi connectivity index (χ1) is 8.60. The predicted octanol–water partition coefficient (Wildman–Crippen LogP) is 4.42. The Morgan fingerprint density at radius 3 is 2.56 bits per heavy atom. The first-order valence-corrected chi connectivity index (χ1v) is 7.40. The van der Waals surface area contributed by atoms with Crippen molar-refractivity contribution < 1.29 is 4.39 Å². The Balaban J connectivity index is 1.67. The molecule has 0 unspecified atom stereocenters.